The van der Waals surface area contributed by atoms with Gasteiger partial charge in [-0.15, -0.1) is 0 Å². The highest BCUT2D eigenvalue weighted by Gasteiger charge is 2.39. The summed E-state index contributed by atoms with van der Waals surface area (Å²) in [6, 6.07) is -4.58. The second-order valence-corrected chi connectivity index (χ2v) is 7.68. The summed E-state index contributed by atoms with van der Waals surface area (Å²) in [7, 11) is 0. The van der Waals surface area contributed by atoms with Crippen LogP contribution in [0.3, 0.4) is 0 Å². The Balaban J connectivity index is 2.97. The summed E-state index contributed by atoms with van der Waals surface area (Å²) in [6.45, 7) is 3.01. The second-order valence-electron chi connectivity index (χ2n) is 7.68. The highest BCUT2D eigenvalue weighted by atomic mass is 16.4. The number of carbonyl (C=O) groups excluding carboxylic acids is 3. The van der Waals surface area contributed by atoms with Crippen LogP contribution in [0.25, 0.3) is 0 Å². The summed E-state index contributed by atoms with van der Waals surface area (Å²) in [5.41, 5.74) is 5.91. The van der Waals surface area contributed by atoms with Gasteiger partial charge in [-0.2, -0.15) is 0 Å². The van der Waals surface area contributed by atoms with Gasteiger partial charge >= 0.3 is 11.9 Å². The van der Waals surface area contributed by atoms with Crippen molar-refractivity contribution in [3.8, 4) is 0 Å². The number of nitrogens with zero attached hydrogens (tertiary/aromatic N) is 1. The van der Waals surface area contributed by atoms with Crippen LogP contribution in [0, 0.1) is 5.92 Å². The number of aliphatic hydroxyl groups is 1. The van der Waals surface area contributed by atoms with E-state index in [9.17, 15) is 24.0 Å². The zero-order valence-electron chi connectivity index (χ0n) is 17.7. The third-order valence-electron chi connectivity index (χ3n) is 5.46. The molecule has 0 aromatic rings. The van der Waals surface area contributed by atoms with Gasteiger partial charge in [0.1, 0.15) is 18.1 Å². The predicted molar refractivity (Wildman–Crippen MR) is 108 cm³/mol. The van der Waals surface area contributed by atoms with E-state index in [1.807, 2.05) is 6.92 Å². The van der Waals surface area contributed by atoms with Crippen molar-refractivity contribution >= 4 is 29.7 Å². The number of carboxylic acid groups (broad SMARTS) is 2. The lowest BCUT2D eigenvalue weighted by Gasteiger charge is -2.30. The topological polar surface area (TPSA) is 199 Å². The molecule has 1 aliphatic rings. The van der Waals surface area contributed by atoms with Gasteiger partial charge in [-0.25, -0.2) is 4.79 Å². The van der Waals surface area contributed by atoms with Gasteiger partial charge < -0.3 is 36.6 Å². The molecule has 5 atom stereocenters. The van der Waals surface area contributed by atoms with Gasteiger partial charge in [0, 0.05) is 13.0 Å². The third kappa shape index (κ3) is 7.47. The molecule has 7 N–H and O–H groups in total. The van der Waals surface area contributed by atoms with Crippen molar-refractivity contribution in [2.45, 2.75) is 70.1 Å². The number of aliphatic hydroxyl groups excluding tert-OH is 1. The van der Waals surface area contributed by atoms with E-state index in [-0.39, 0.29) is 31.7 Å². The van der Waals surface area contributed by atoms with Crippen molar-refractivity contribution in [1.29, 1.82) is 0 Å². The Morgan fingerprint density at radius 1 is 1.13 bits per heavy atom. The number of carbonyl (C=O) groups is 5. The Morgan fingerprint density at radius 2 is 1.77 bits per heavy atom. The fourth-order valence-electron chi connectivity index (χ4n) is 3.26. The Hall–Kier alpha value is -2.73. The summed E-state index contributed by atoms with van der Waals surface area (Å²) in [6.07, 6.45) is 0.790. The van der Waals surface area contributed by atoms with Crippen LogP contribution >= 0.6 is 0 Å². The number of amides is 3. The first-order chi connectivity index (χ1) is 14.5. The normalized spacial score (nSPS) is 19.7. The minimum absolute atomic E-state index is 0.160. The summed E-state index contributed by atoms with van der Waals surface area (Å²) in [4.78, 5) is 61.3. The molecule has 176 valence electrons. The highest BCUT2D eigenvalue weighted by Crippen LogP contribution is 2.20. The number of likely N-dealkylation sites (tertiary alicyclic amines) is 1. The van der Waals surface area contributed by atoms with Crippen molar-refractivity contribution in [2.75, 3.05) is 13.2 Å². The second kappa shape index (κ2) is 12.2. The molecule has 1 heterocycles. The fraction of sp³-hybridized carbons (Fsp3) is 0.737. The number of nitrogens with one attached hydrogen (secondary N) is 2. The number of nitrogens with two attached hydrogens (primary N) is 1. The van der Waals surface area contributed by atoms with E-state index in [4.69, 9.17) is 21.1 Å². The average molecular weight is 444 g/mol. The lowest BCUT2D eigenvalue weighted by molar-refractivity contribution is -0.146. The molecule has 1 aliphatic heterocycles. The Morgan fingerprint density at radius 3 is 2.29 bits per heavy atom. The quantitative estimate of drug-likeness (QED) is 0.202. The molecule has 0 aromatic heterocycles. The first kappa shape index (κ1) is 26.3. The standard InChI is InChI=1S/C19H32N4O8/c1-3-10(2)15(20)17(28)21-11(6-7-14(25)26)18(29)23-8-4-5-13(23)16(27)22-12(9-24)19(30)31/h10-13,15,24H,3-9,20H2,1-2H3,(H,21,28)(H,22,27)(H,25,26)(H,30,31). The third-order valence-corrected chi connectivity index (χ3v) is 5.46. The molecular weight excluding hydrogens is 412 g/mol. The largest absolute Gasteiger partial charge is 0.481 e. The molecule has 0 radical (unpaired) electrons. The Bertz CT molecular complexity index is 686. The van der Waals surface area contributed by atoms with E-state index in [1.54, 1.807) is 6.92 Å². The summed E-state index contributed by atoms with van der Waals surface area (Å²) in [5, 5.41) is 31.8. The maximum atomic E-state index is 13.1. The van der Waals surface area contributed by atoms with Gasteiger partial charge in [-0.1, -0.05) is 20.3 Å². The lowest BCUT2D eigenvalue weighted by atomic mass is 9.98. The van der Waals surface area contributed by atoms with Gasteiger partial charge in [0.2, 0.25) is 17.7 Å². The van der Waals surface area contributed by atoms with E-state index in [1.165, 1.54) is 4.90 Å². The van der Waals surface area contributed by atoms with Crippen LogP contribution in [-0.2, 0) is 24.0 Å². The van der Waals surface area contributed by atoms with Gasteiger partial charge in [0.05, 0.1) is 12.6 Å². The van der Waals surface area contributed by atoms with Crippen molar-refractivity contribution in [1.82, 2.24) is 15.5 Å². The molecule has 12 heteroatoms. The van der Waals surface area contributed by atoms with E-state index in [2.05, 4.69) is 10.6 Å². The molecule has 0 saturated carbocycles. The summed E-state index contributed by atoms with van der Waals surface area (Å²) >= 11 is 0. The Kier molecular flexibility index (Phi) is 10.4. The smallest absolute Gasteiger partial charge is 0.328 e. The van der Waals surface area contributed by atoms with Crippen LogP contribution in [0.4, 0.5) is 0 Å². The predicted octanol–water partition coefficient (Wildman–Crippen LogP) is -1.74. The molecular formula is C19H32N4O8. The number of carboxylic acids is 2. The molecule has 0 spiro atoms. The van der Waals surface area contributed by atoms with Gasteiger partial charge in [-0.05, 0) is 25.2 Å². The van der Waals surface area contributed by atoms with Crippen molar-refractivity contribution in [3.63, 3.8) is 0 Å². The molecule has 31 heavy (non-hydrogen) atoms. The fourth-order valence-corrected chi connectivity index (χ4v) is 3.26. The van der Waals surface area contributed by atoms with Crippen LogP contribution in [0.2, 0.25) is 0 Å². The maximum absolute atomic E-state index is 13.1. The monoisotopic (exact) mass is 444 g/mol. The summed E-state index contributed by atoms with van der Waals surface area (Å²) in [5.74, 6) is -4.71. The van der Waals surface area contributed by atoms with Crippen LogP contribution in [0.1, 0.15) is 46.0 Å². The molecule has 3 amide bonds. The van der Waals surface area contributed by atoms with E-state index in [0.717, 1.165) is 0 Å². The average Bonchev–Trinajstić information content (AvgIpc) is 3.22. The van der Waals surface area contributed by atoms with E-state index < -0.39 is 60.4 Å². The molecule has 1 saturated heterocycles. The van der Waals surface area contributed by atoms with Crippen LogP contribution in [0.15, 0.2) is 0 Å². The van der Waals surface area contributed by atoms with Crippen molar-refractivity contribution in [2.24, 2.45) is 11.7 Å². The lowest BCUT2D eigenvalue weighted by Crippen LogP contribution is -2.57. The SMILES string of the molecule is CCC(C)C(N)C(=O)NC(CCC(=O)O)C(=O)N1CCCC1C(=O)NC(CO)C(=O)O. The number of aliphatic carboxylic acids is 2. The molecule has 12 nitrogen and oxygen atoms in total. The van der Waals surface area contributed by atoms with Crippen molar-refractivity contribution in [3.05, 3.63) is 0 Å². The molecule has 0 aromatic carbocycles. The molecule has 1 fully saturated rings. The minimum atomic E-state index is -1.51. The molecule has 1 rings (SSSR count). The Labute approximate surface area is 180 Å². The zero-order valence-corrected chi connectivity index (χ0v) is 17.7. The highest BCUT2D eigenvalue weighted by molar-refractivity contribution is 5.94. The van der Waals surface area contributed by atoms with Crippen molar-refractivity contribution < 1.29 is 39.3 Å². The maximum Gasteiger partial charge on any atom is 0.328 e. The number of hydrogen-bond donors (Lipinski definition) is 6. The number of rotatable bonds is 12. The van der Waals surface area contributed by atoms with E-state index in [0.29, 0.717) is 12.8 Å². The van der Waals surface area contributed by atoms with Crippen LogP contribution in [0.5, 0.6) is 0 Å². The molecule has 5 unspecified atom stereocenters. The molecule has 0 aliphatic carbocycles. The zero-order chi connectivity index (χ0) is 23.7. The van der Waals surface area contributed by atoms with Crippen LogP contribution < -0.4 is 16.4 Å². The van der Waals surface area contributed by atoms with Gasteiger partial charge in [0.25, 0.3) is 0 Å². The first-order valence-corrected chi connectivity index (χ1v) is 10.3. The molecule has 0 bridgehead atoms. The number of hydrogen-bond acceptors (Lipinski definition) is 7. The first-order valence-electron chi connectivity index (χ1n) is 10.3. The van der Waals surface area contributed by atoms with Gasteiger partial charge in [-0.3, -0.25) is 19.2 Å². The summed E-state index contributed by atoms with van der Waals surface area (Å²) < 4.78 is 0. The van der Waals surface area contributed by atoms with Crippen LogP contribution in [-0.4, -0.2) is 87.2 Å². The minimum Gasteiger partial charge on any atom is -0.481 e. The van der Waals surface area contributed by atoms with E-state index >= 15 is 0 Å². The van der Waals surface area contributed by atoms with Gasteiger partial charge in [0.15, 0.2) is 0 Å².